The lowest BCUT2D eigenvalue weighted by atomic mass is 10.2. The molecule has 7 nitrogen and oxygen atoms in total. The molecule has 0 saturated carbocycles. The van der Waals surface area contributed by atoms with Gasteiger partial charge in [0.1, 0.15) is 0 Å². The fourth-order valence-electron chi connectivity index (χ4n) is 1.60. The summed E-state index contributed by atoms with van der Waals surface area (Å²) in [7, 11) is 0. The average Bonchev–Trinajstić information content (AvgIpc) is 2.47. The Morgan fingerprint density at radius 1 is 1.33 bits per heavy atom. The Morgan fingerprint density at radius 2 is 2.05 bits per heavy atom. The molecule has 7 heteroatoms. The third-order valence-corrected chi connectivity index (χ3v) is 2.64. The normalized spacial score (nSPS) is 10.5. The van der Waals surface area contributed by atoms with Crippen LogP contribution in [0.1, 0.15) is 21.6 Å². The summed E-state index contributed by atoms with van der Waals surface area (Å²) >= 11 is 0. The van der Waals surface area contributed by atoms with E-state index in [4.69, 9.17) is 0 Å². The number of aryl methyl sites for hydroxylation is 1. The van der Waals surface area contributed by atoms with E-state index in [2.05, 4.69) is 15.5 Å². The van der Waals surface area contributed by atoms with Crippen molar-refractivity contribution in [2.24, 2.45) is 5.10 Å². The molecule has 1 heterocycles. The molecule has 2 rings (SSSR count). The average molecular weight is 284 g/mol. The lowest BCUT2D eigenvalue weighted by Crippen LogP contribution is -2.17. The van der Waals surface area contributed by atoms with Crippen molar-refractivity contribution in [2.75, 3.05) is 0 Å². The van der Waals surface area contributed by atoms with E-state index in [9.17, 15) is 14.9 Å². The Hall–Kier alpha value is -3.09. The van der Waals surface area contributed by atoms with E-state index in [0.29, 0.717) is 11.1 Å². The van der Waals surface area contributed by atoms with Crippen molar-refractivity contribution >= 4 is 17.8 Å². The number of nitro benzene ring substituents is 1. The molecular weight excluding hydrogens is 272 g/mol. The molecule has 2 aromatic rings. The van der Waals surface area contributed by atoms with Gasteiger partial charge in [0.2, 0.25) is 0 Å². The Balaban J connectivity index is 1.99. The van der Waals surface area contributed by atoms with Gasteiger partial charge >= 0.3 is 0 Å². The SMILES string of the molecule is Cc1cc(C(=O)N/N=C/c2ccc([N+](=O)[O-])cc2)ccn1. The van der Waals surface area contributed by atoms with E-state index in [1.165, 1.54) is 18.3 Å². The number of hydrazone groups is 1. The van der Waals surface area contributed by atoms with Gasteiger partial charge in [-0.25, -0.2) is 5.43 Å². The van der Waals surface area contributed by atoms with Gasteiger partial charge < -0.3 is 0 Å². The third kappa shape index (κ3) is 3.93. The van der Waals surface area contributed by atoms with E-state index in [1.54, 1.807) is 37.4 Å². The van der Waals surface area contributed by atoms with E-state index >= 15 is 0 Å². The van der Waals surface area contributed by atoms with Crippen LogP contribution in [0.3, 0.4) is 0 Å². The van der Waals surface area contributed by atoms with Gasteiger partial charge in [0.05, 0.1) is 11.1 Å². The maximum atomic E-state index is 11.8. The summed E-state index contributed by atoms with van der Waals surface area (Å²) in [6.07, 6.45) is 2.96. The van der Waals surface area contributed by atoms with Gasteiger partial charge in [0.15, 0.2) is 0 Å². The number of carbonyl (C=O) groups excluding carboxylic acids is 1. The molecule has 0 aliphatic heterocycles. The van der Waals surface area contributed by atoms with E-state index in [-0.39, 0.29) is 11.6 Å². The minimum absolute atomic E-state index is 0.00319. The number of amides is 1. The molecule has 21 heavy (non-hydrogen) atoms. The highest BCUT2D eigenvalue weighted by Crippen LogP contribution is 2.10. The molecule has 0 radical (unpaired) electrons. The second-order valence-electron chi connectivity index (χ2n) is 4.23. The van der Waals surface area contributed by atoms with Crippen molar-refractivity contribution < 1.29 is 9.72 Å². The molecule has 1 aromatic carbocycles. The first-order valence-electron chi connectivity index (χ1n) is 6.07. The highest BCUT2D eigenvalue weighted by molar-refractivity contribution is 5.94. The van der Waals surface area contributed by atoms with Crippen LogP contribution in [0.5, 0.6) is 0 Å². The molecule has 1 amide bonds. The van der Waals surface area contributed by atoms with Gasteiger partial charge in [-0.2, -0.15) is 5.10 Å². The second-order valence-corrected chi connectivity index (χ2v) is 4.23. The predicted octanol–water partition coefficient (Wildman–Crippen LogP) is 2.06. The maximum absolute atomic E-state index is 11.8. The van der Waals surface area contributed by atoms with Crippen LogP contribution in [-0.4, -0.2) is 22.0 Å². The second kappa shape index (κ2) is 6.38. The summed E-state index contributed by atoms with van der Waals surface area (Å²) < 4.78 is 0. The number of hydrogen-bond donors (Lipinski definition) is 1. The molecule has 0 atom stereocenters. The zero-order valence-corrected chi connectivity index (χ0v) is 11.2. The molecule has 106 valence electrons. The smallest absolute Gasteiger partial charge is 0.267 e. The molecule has 0 unspecified atom stereocenters. The Kier molecular flexibility index (Phi) is 4.35. The van der Waals surface area contributed by atoms with Crippen LogP contribution >= 0.6 is 0 Å². The van der Waals surface area contributed by atoms with E-state index in [0.717, 1.165) is 5.69 Å². The summed E-state index contributed by atoms with van der Waals surface area (Å²) in [4.78, 5) is 25.8. The number of nitrogens with zero attached hydrogens (tertiary/aromatic N) is 3. The molecule has 0 aliphatic rings. The van der Waals surface area contributed by atoms with Crippen LogP contribution in [0.15, 0.2) is 47.7 Å². The molecule has 1 aromatic heterocycles. The van der Waals surface area contributed by atoms with Crippen LogP contribution < -0.4 is 5.43 Å². The minimum atomic E-state index is -0.478. The van der Waals surface area contributed by atoms with Crippen LogP contribution in [0.2, 0.25) is 0 Å². The quantitative estimate of drug-likeness (QED) is 0.528. The van der Waals surface area contributed by atoms with Crippen molar-refractivity contribution in [2.45, 2.75) is 6.92 Å². The number of nitro groups is 1. The lowest BCUT2D eigenvalue weighted by Gasteiger charge is -2.00. The van der Waals surface area contributed by atoms with E-state index in [1.807, 2.05) is 0 Å². The van der Waals surface area contributed by atoms with Gasteiger partial charge in [0, 0.05) is 29.6 Å². The lowest BCUT2D eigenvalue weighted by molar-refractivity contribution is -0.384. The largest absolute Gasteiger partial charge is 0.271 e. The number of pyridine rings is 1. The topological polar surface area (TPSA) is 97.5 Å². The van der Waals surface area contributed by atoms with Crippen molar-refractivity contribution in [3.63, 3.8) is 0 Å². The van der Waals surface area contributed by atoms with Gasteiger partial charge in [-0.3, -0.25) is 19.9 Å². The van der Waals surface area contributed by atoms with Gasteiger partial charge in [-0.05, 0) is 36.8 Å². The third-order valence-electron chi connectivity index (χ3n) is 2.64. The van der Waals surface area contributed by atoms with Crippen molar-refractivity contribution in [3.05, 3.63) is 69.5 Å². The fourth-order valence-corrected chi connectivity index (χ4v) is 1.60. The molecule has 0 fully saturated rings. The summed E-state index contributed by atoms with van der Waals surface area (Å²) in [5, 5.41) is 14.3. The zero-order chi connectivity index (χ0) is 15.2. The Morgan fingerprint density at radius 3 is 2.67 bits per heavy atom. The number of benzene rings is 1. The molecular formula is C14H12N4O3. The van der Waals surface area contributed by atoms with Crippen molar-refractivity contribution in [3.8, 4) is 0 Å². The highest BCUT2D eigenvalue weighted by Gasteiger charge is 2.04. The van der Waals surface area contributed by atoms with Crippen LogP contribution in [0, 0.1) is 17.0 Å². The number of non-ortho nitro benzene ring substituents is 1. The summed E-state index contributed by atoms with van der Waals surface area (Å²) in [5.74, 6) is -0.348. The van der Waals surface area contributed by atoms with E-state index < -0.39 is 4.92 Å². The van der Waals surface area contributed by atoms with Gasteiger partial charge in [0.25, 0.3) is 11.6 Å². The molecule has 1 N–H and O–H groups in total. The predicted molar refractivity (Wildman–Crippen MR) is 77.1 cm³/mol. The zero-order valence-electron chi connectivity index (χ0n) is 11.2. The van der Waals surface area contributed by atoms with Crippen LogP contribution in [0.25, 0.3) is 0 Å². The number of carbonyl (C=O) groups is 1. The van der Waals surface area contributed by atoms with Gasteiger partial charge in [-0.15, -0.1) is 0 Å². The molecule has 0 aliphatic carbocycles. The highest BCUT2D eigenvalue weighted by atomic mass is 16.6. The molecule has 0 saturated heterocycles. The molecule has 0 spiro atoms. The van der Waals surface area contributed by atoms with Crippen molar-refractivity contribution in [1.29, 1.82) is 0 Å². The number of nitrogens with one attached hydrogen (secondary N) is 1. The van der Waals surface area contributed by atoms with Crippen LogP contribution in [-0.2, 0) is 0 Å². The number of aromatic nitrogens is 1. The first-order chi connectivity index (χ1) is 10.1. The monoisotopic (exact) mass is 284 g/mol. The number of hydrogen-bond acceptors (Lipinski definition) is 5. The summed E-state index contributed by atoms with van der Waals surface area (Å²) in [6.45, 7) is 1.79. The van der Waals surface area contributed by atoms with Gasteiger partial charge in [-0.1, -0.05) is 0 Å². The Bertz CT molecular complexity index is 696. The summed E-state index contributed by atoms with van der Waals surface area (Å²) in [5.41, 5.74) is 4.23. The minimum Gasteiger partial charge on any atom is -0.267 e. The standard InChI is InChI=1S/C14H12N4O3/c1-10-8-12(6-7-15-10)14(19)17-16-9-11-2-4-13(5-3-11)18(20)21/h2-9H,1H3,(H,17,19)/b16-9+. The maximum Gasteiger partial charge on any atom is 0.271 e. The van der Waals surface area contributed by atoms with Crippen molar-refractivity contribution in [1.82, 2.24) is 10.4 Å². The molecule has 0 bridgehead atoms. The first kappa shape index (κ1) is 14.3. The van der Waals surface area contributed by atoms with Crippen LogP contribution in [0.4, 0.5) is 5.69 Å². The number of rotatable bonds is 4. The summed E-state index contributed by atoms with van der Waals surface area (Å²) in [6, 6.07) is 9.07. The Labute approximate surface area is 120 Å². The fraction of sp³-hybridized carbons (Fsp3) is 0.0714. The first-order valence-corrected chi connectivity index (χ1v) is 6.07.